The first kappa shape index (κ1) is 11.4. The first-order valence-corrected chi connectivity index (χ1v) is 5.53. The largest absolute Gasteiger partial charge is 0.497 e. The molecule has 0 aromatic heterocycles. The van der Waals surface area contributed by atoms with E-state index in [0.717, 1.165) is 24.2 Å². The quantitative estimate of drug-likeness (QED) is 0.844. The predicted octanol–water partition coefficient (Wildman–Crippen LogP) is 1.78. The van der Waals surface area contributed by atoms with Crippen LogP contribution in [0.5, 0.6) is 5.75 Å². The molecule has 88 valence electrons. The lowest BCUT2D eigenvalue weighted by molar-refractivity contribution is -0.126. The monoisotopic (exact) mass is 222 g/mol. The molecule has 1 aliphatic rings. The first-order valence-electron chi connectivity index (χ1n) is 5.53. The lowest BCUT2D eigenvalue weighted by Gasteiger charge is -2.42. The second-order valence-electron chi connectivity index (χ2n) is 4.52. The summed E-state index contributed by atoms with van der Waals surface area (Å²) in [4.78, 5) is 0. The molecule has 0 spiro atoms. The Hall–Kier alpha value is -1.06. The Morgan fingerprint density at radius 1 is 1.38 bits per heavy atom. The Morgan fingerprint density at radius 3 is 2.75 bits per heavy atom. The van der Waals surface area contributed by atoms with Crippen LogP contribution < -0.4 is 4.74 Å². The van der Waals surface area contributed by atoms with E-state index < -0.39 is 5.60 Å². The summed E-state index contributed by atoms with van der Waals surface area (Å²) in [5.41, 5.74) is 0.518. The number of hydrogen-bond donors (Lipinski definition) is 1. The van der Waals surface area contributed by atoms with Crippen LogP contribution >= 0.6 is 0 Å². The van der Waals surface area contributed by atoms with E-state index in [1.807, 2.05) is 24.3 Å². The highest BCUT2D eigenvalue weighted by Crippen LogP contribution is 2.37. The molecular weight excluding hydrogens is 204 g/mol. The van der Waals surface area contributed by atoms with Crippen molar-refractivity contribution in [2.45, 2.75) is 31.0 Å². The van der Waals surface area contributed by atoms with Gasteiger partial charge in [0.25, 0.3) is 0 Å². The van der Waals surface area contributed by atoms with Crippen LogP contribution in [0.15, 0.2) is 24.3 Å². The molecule has 3 nitrogen and oxygen atoms in total. The van der Waals surface area contributed by atoms with E-state index in [-0.39, 0.29) is 6.10 Å². The number of methoxy groups -OCH3 is 2. The number of aliphatic hydroxyl groups is 1. The summed E-state index contributed by atoms with van der Waals surface area (Å²) in [6.45, 7) is 0. The zero-order chi connectivity index (χ0) is 11.6. The molecule has 1 aliphatic carbocycles. The molecular formula is C13H18O3. The van der Waals surface area contributed by atoms with Gasteiger partial charge in [-0.15, -0.1) is 0 Å². The van der Waals surface area contributed by atoms with Gasteiger partial charge in [0.15, 0.2) is 0 Å². The van der Waals surface area contributed by atoms with E-state index in [9.17, 15) is 5.11 Å². The van der Waals surface area contributed by atoms with Crippen LogP contribution in [0.3, 0.4) is 0 Å². The summed E-state index contributed by atoms with van der Waals surface area (Å²) in [7, 11) is 3.34. The third-order valence-electron chi connectivity index (χ3n) is 3.22. The number of rotatable bonds is 4. The van der Waals surface area contributed by atoms with E-state index in [1.165, 1.54) is 0 Å². The molecule has 0 unspecified atom stereocenters. The molecule has 16 heavy (non-hydrogen) atoms. The van der Waals surface area contributed by atoms with Gasteiger partial charge in [0.05, 0.1) is 18.8 Å². The van der Waals surface area contributed by atoms with E-state index >= 15 is 0 Å². The maximum absolute atomic E-state index is 10.2. The molecule has 3 heteroatoms. The van der Waals surface area contributed by atoms with Gasteiger partial charge in [-0.2, -0.15) is 0 Å². The summed E-state index contributed by atoms with van der Waals surface area (Å²) in [6, 6.07) is 7.84. The molecule has 1 aromatic rings. The number of ether oxygens (including phenoxy) is 2. The summed E-state index contributed by atoms with van der Waals surface area (Å²) in [5, 5.41) is 10.2. The fourth-order valence-electron chi connectivity index (χ4n) is 2.26. The number of benzene rings is 1. The normalized spacial score (nSPS) is 28.6. The van der Waals surface area contributed by atoms with Crippen LogP contribution in [0.25, 0.3) is 0 Å². The van der Waals surface area contributed by atoms with Crippen molar-refractivity contribution in [3.05, 3.63) is 29.8 Å². The lowest BCUT2D eigenvalue weighted by Crippen LogP contribution is -2.49. The highest BCUT2D eigenvalue weighted by Gasteiger charge is 2.42. The molecule has 1 saturated carbocycles. The maximum atomic E-state index is 10.2. The predicted molar refractivity (Wildman–Crippen MR) is 61.7 cm³/mol. The standard InChI is InChI=1S/C13H18O3/c1-15-11-5-3-4-10(6-11)7-13(14)8-12(9-13)16-2/h3-6,12,14H,7-9H2,1-2H3. The molecule has 1 N–H and O–H groups in total. The fraction of sp³-hybridized carbons (Fsp3) is 0.538. The fourth-order valence-corrected chi connectivity index (χ4v) is 2.26. The molecule has 0 radical (unpaired) electrons. The Balaban J connectivity index is 1.99. The van der Waals surface area contributed by atoms with Gasteiger partial charge in [-0.05, 0) is 17.7 Å². The molecule has 0 aliphatic heterocycles. The van der Waals surface area contributed by atoms with Gasteiger partial charge in [0.2, 0.25) is 0 Å². The van der Waals surface area contributed by atoms with Crippen molar-refractivity contribution in [3.8, 4) is 5.75 Å². The van der Waals surface area contributed by atoms with Crippen LogP contribution in [0.4, 0.5) is 0 Å². The van der Waals surface area contributed by atoms with Crippen molar-refractivity contribution in [1.82, 2.24) is 0 Å². The van der Waals surface area contributed by atoms with Crippen molar-refractivity contribution in [1.29, 1.82) is 0 Å². The van der Waals surface area contributed by atoms with Gasteiger partial charge in [0.1, 0.15) is 5.75 Å². The average Bonchev–Trinajstić information content (AvgIpc) is 2.25. The second-order valence-corrected chi connectivity index (χ2v) is 4.52. The molecule has 0 saturated heterocycles. The van der Waals surface area contributed by atoms with Gasteiger partial charge < -0.3 is 14.6 Å². The number of hydrogen-bond acceptors (Lipinski definition) is 3. The summed E-state index contributed by atoms with van der Waals surface area (Å²) >= 11 is 0. The molecule has 0 atom stereocenters. The second kappa shape index (κ2) is 4.44. The summed E-state index contributed by atoms with van der Waals surface area (Å²) < 4.78 is 10.3. The third-order valence-corrected chi connectivity index (χ3v) is 3.22. The average molecular weight is 222 g/mol. The smallest absolute Gasteiger partial charge is 0.119 e. The minimum Gasteiger partial charge on any atom is -0.497 e. The summed E-state index contributed by atoms with van der Waals surface area (Å²) in [5.74, 6) is 0.837. The van der Waals surface area contributed by atoms with E-state index in [0.29, 0.717) is 6.42 Å². The van der Waals surface area contributed by atoms with Gasteiger partial charge in [-0.1, -0.05) is 12.1 Å². The Bertz CT molecular complexity index is 356. The van der Waals surface area contributed by atoms with Crippen molar-refractivity contribution in [2.24, 2.45) is 0 Å². The van der Waals surface area contributed by atoms with Crippen LogP contribution in [0.2, 0.25) is 0 Å². The zero-order valence-electron chi connectivity index (χ0n) is 9.77. The lowest BCUT2D eigenvalue weighted by atomic mass is 9.74. The van der Waals surface area contributed by atoms with Crippen molar-refractivity contribution in [2.75, 3.05) is 14.2 Å². The molecule has 1 aromatic carbocycles. The SMILES string of the molecule is COc1cccc(CC2(O)CC(OC)C2)c1. The van der Waals surface area contributed by atoms with Gasteiger partial charge >= 0.3 is 0 Å². The van der Waals surface area contributed by atoms with E-state index in [2.05, 4.69) is 0 Å². The van der Waals surface area contributed by atoms with E-state index in [1.54, 1.807) is 14.2 Å². The minimum absolute atomic E-state index is 0.218. The van der Waals surface area contributed by atoms with Crippen LogP contribution in [0.1, 0.15) is 18.4 Å². The molecule has 2 rings (SSSR count). The molecule has 0 amide bonds. The first-order chi connectivity index (χ1) is 7.65. The van der Waals surface area contributed by atoms with Crippen molar-refractivity contribution >= 4 is 0 Å². The minimum atomic E-state index is -0.590. The Labute approximate surface area is 96.0 Å². The van der Waals surface area contributed by atoms with Crippen LogP contribution in [-0.2, 0) is 11.2 Å². The zero-order valence-corrected chi connectivity index (χ0v) is 9.77. The Kier molecular flexibility index (Phi) is 3.17. The highest BCUT2D eigenvalue weighted by molar-refractivity contribution is 5.29. The molecule has 0 bridgehead atoms. The molecule has 0 heterocycles. The van der Waals surface area contributed by atoms with Gasteiger partial charge in [0, 0.05) is 26.4 Å². The van der Waals surface area contributed by atoms with Gasteiger partial charge in [-0.3, -0.25) is 0 Å². The van der Waals surface area contributed by atoms with Crippen molar-refractivity contribution in [3.63, 3.8) is 0 Å². The van der Waals surface area contributed by atoms with Crippen molar-refractivity contribution < 1.29 is 14.6 Å². The van der Waals surface area contributed by atoms with E-state index in [4.69, 9.17) is 9.47 Å². The van der Waals surface area contributed by atoms with Crippen LogP contribution in [-0.4, -0.2) is 31.0 Å². The third kappa shape index (κ3) is 2.36. The summed E-state index contributed by atoms with van der Waals surface area (Å²) in [6.07, 6.45) is 2.33. The van der Waals surface area contributed by atoms with Gasteiger partial charge in [-0.25, -0.2) is 0 Å². The Morgan fingerprint density at radius 2 is 2.12 bits per heavy atom. The highest BCUT2D eigenvalue weighted by atomic mass is 16.5. The maximum Gasteiger partial charge on any atom is 0.119 e. The van der Waals surface area contributed by atoms with Crippen LogP contribution in [0, 0.1) is 0 Å². The molecule has 1 fully saturated rings. The topological polar surface area (TPSA) is 38.7 Å².